The van der Waals surface area contributed by atoms with Gasteiger partial charge in [-0.3, -0.25) is 4.68 Å². The van der Waals surface area contributed by atoms with E-state index >= 15 is 0 Å². The molecule has 1 aliphatic carbocycles. The molecule has 1 saturated carbocycles. The Morgan fingerprint density at radius 1 is 1.45 bits per heavy atom. The number of ether oxygens (including phenoxy) is 1. The second kappa shape index (κ2) is 6.27. The first-order chi connectivity index (χ1) is 9.47. The van der Waals surface area contributed by atoms with Gasteiger partial charge in [-0.1, -0.05) is 6.92 Å². The Morgan fingerprint density at radius 2 is 2.10 bits per heavy atom. The quantitative estimate of drug-likeness (QED) is 0.902. The molecule has 1 N–H and O–H groups in total. The van der Waals surface area contributed by atoms with Crippen LogP contribution in [0.5, 0.6) is 0 Å². The van der Waals surface area contributed by atoms with Gasteiger partial charge < -0.3 is 9.84 Å². The Bertz CT molecular complexity index is 420. The predicted molar refractivity (Wildman–Crippen MR) is 79.7 cm³/mol. The highest BCUT2D eigenvalue weighted by Gasteiger charge is 2.40. The molecule has 1 aromatic rings. The first-order valence-electron chi connectivity index (χ1n) is 7.74. The summed E-state index contributed by atoms with van der Waals surface area (Å²) in [6, 6.07) is 2.35. The van der Waals surface area contributed by atoms with E-state index in [1.54, 1.807) is 7.11 Å². The number of methoxy groups -OCH3 is 1. The molecule has 0 amide bonds. The molecule has 20 heavy (non-hydrogen) atoms. The van der Waals surface area contributed by atoms with Crippen molar-refractivity contribution >= 4 is 0 Å². The summed E-state index contributed by atoms with van der Waals surface area (Å²) < 4.78 is 7.67. The Kier molecular flexibility index (Phi) is 4.86. The number of hydrogen-bond acceptors (Lipinski definition) is 3. The summed E-state index contributed by atoms with van der Waals surface area (Å²) in [5.74, 6) is 0.741. The lowest BCUT2D eigenvalue weighted by atomic mass is 9.75. The van der Waals surface area contributed by atoms with Crippen molar-refractivity contribution in [2.24, 2.45) is 5.92 Å². The van der Waals surface area contributed by atoms with E-state index < -0.39 is 6.10 Å². The molecule has 1 aromatic heterocycles. The van der Waals surface area contributed by atoms with Crippen molar-refractivity contribution in [1.29, 1.82) is 0 Å². The molecule has 1 fully saturated rings. The maximum atomic E-state index is 10.6. The Morgan fingerprint density at radius 3 is 2.60 bits per heavy atom. The number of aliphatic hydroxyl groups excluding tert-OH is 1. The minimum atomic E-state index is -0.476. The van der Waals surface area contributed by atoms with E-state index in [2.05, 4.69) is 25.9 Å². The van der Waals surface area contributed by atoms with Crippen LogP contribution in [0, 0.1) is 5.92 Å². The topological polar surface area (TPSA) is 47.3 Å². The third-order valence-electron chi connectivity index (χ3n) is 4.73. The average Bonchev–Trinajstić information content (AvgIpc) is 2.88. The summed E-state index contributed by atoms with van der Waals surface area (Å²) in [5.41, 5.74) is 0.565. The van der Waals surface area contributed by atoms with E-state index in [4.69, 9.17) is 4.74 Å². The third-order valence-corrected chi connectivity index (χ3v) is 4.73. The maximum Gasteiger partial charge on any atom is 0.0940 e. The fourth-order valence-corrected chi connectivity index (χ4v) is 3.08. The molecule has 0 aromatic carbocycles. The van der Waals surface area contributed by atoms with Crippen LogP contribution >= 0.6 is 0 Å². The zero-order chi connectivity index (χ0) is 14.8. The van der Waals surface area contributed by atoms with Crippen LogP contribution in [0.1, 0.15) is 58.2 Å². The predicted octanol–water partition coefficient (Wildman–Crippen LogP) is 2.96. The fraction of sp³-hybridized carbons (Fsp3) is 0.812. The van der Waals surface area contributed by atoms with Gasteiger partial charge in [-0.25, -0.2) is 0 Å². The summed E-state index contributed by atoms with van der Waals surface area (Å²) >= 11 is 0. The molecular formula is C16H28N2O2. The summed E-state index contributed by atoms with van der Waals surface area (Å²) in [5, 5.41) is 15.2. The SMILES string of the molecule is COC1(C(O)Cc2ccn(C(C)C)n2)CCC(C)CC1. The first-order valence-corrected chi connectivity index (χ1v) is 7.74. The molecule has 1 atom stereocenters. The number of aromatic nitrogens is 2. The summed E-state index contributed by atoms with van der Waals surface area (Å²) in [6.07, 6.45) is 6.22. The maximum absolute atomic E-state index is 10.6. The highest BCUT2D eigenvalue weighted by atomic mass is 16.5. The van der Waals surface area contributed by atoms with Gasteiger partial charge in [-0.2, -0.15) is 5.10 Å². The zero-order valence-electron chi connectivity index (χ0n) is 13.2. The van der Waals surface area contributed by atoms with Crippen LogP contribution in [0.4, 0.5) is 0 Å². The van der Waals surface area contributed by atoms with Crippen LogP contribution in [0.2, 0.25) is 0 Å². The van der Waals surface area contributed by atoms with Crippen LogP contribution in [-0.2, 0) is 11.2 Å². The number of nitrogens with zero attached hydrogens (tertiary/aromatic N) is 2. The highest BCUT2D eigenvalue weighted by Crippen LogP contribution is 2.37. The Balaban J connectivity index is 2.03. The smallest absolute Gasteiger partial charge is 0.0940 e. The van der Waals surface area contributed by atoms with Gasteiger partial charge in [0.2, 0.25) is 0 Å². The average molecular weight is 280 g/mol. The van der Waals surface area contributed by atoms with Gasteiger partial charge in [-0.15, -0.1) is 0 Å². The number of hydrogen-bond donors (Lipinski definition) is 1. The number of aliphatic hydroxyl groups is 1. The van der Waals surface area contributed by atoms with Crippen molar-refractivity contribution in [3.63, 3.8) is 0 Å². The molecule has 1 heterocycles. The summed E-state index contributed by atoms with van der Waals surface area (Å²) in [7, 11) is 1.73. The standard InChI is InChI=1S/C16H28N2O2/c1-12(2)18-10-7-14(17-18)11-15(19)16(20-4)8-5-13(3)6-9-16/h7,10,12-13,15,19H,5-6,8-9,11H2,1-4H3. The van der Waals surface area contributed by atoms with Crippen LogP contribution in [0.15, 0.2) is 12.3 Å². The van der Waals surface area contributed by atoms with Crippen molar-refractivity contribution in [2.75, 3.05) is 7.11 Å². The molecule has 4 heteroatoms. The minimum Gasteiger partial charge on any atom is -0.390 e. The van der Waals surface area contributed by atoms with Gasteiger partial charge in [0, 0.05) is 25.8 Å². The van der Waals surface area contributed by atoms with Crippen LogP contribution in [0.25, 0.3) is 0 Å². The van der Waals surface area contributed by atoms with Gasteiger partial charge in [0.25, 0.3) is 0 Å². The van der Waals surface area contributed by atoms with Crippen LogP contribution < -0.4 is 0 Å². The van der Waals surface area contributed by atoms with Gasteiger partial charge in [0.05, 0.1) is 17.4 Å². The molecule has 0 spiro atoms. The van der Waals surface area contributed by atoms with Gasteiger partial charge >= 0.3 is 0 Å². The number of rotatable bonds is 5. The van der Waals surface area contributed by atoms with E-state index in [1.807, 2.05) is 16.9 Å². The molecule has 4 nitrogen and oxygen atoms in total. The van der Waals surface area contributed by atoms with E-state index in [-0.39, 0.29) is 5.60 Å². The van der Waals surface area contributed by atoms with Crippen molar-refractivity contribution in [3.05, 3.63) is 18.0 Å². The molecule has 1 aliphatic rings. The van der Waals surface area contributed by atoms with E-state index in [0.717, 1.165) is 37.3 Å². The second-order valence-electron chi connectivity index (χ2n) is 6.55. The van der Waals surface area contributed by atoms with E-state index in [0.29, 0.717) is 12.5 Å². The molecule has 0 aliphatic heterocycles. The molecular weight excluding hydrogens is 252 g/mol. The molecule has 114 valence electrons. The van der Waals surface area contributed by atoms with Crippen molar-refractivity contribution in [2.45, 2.75) is 70.6 Å². The fourth-order valence-electron chi connectivity index (χ4n) is 3.08. The van der Waals surface area contributed by atoms with E-state index in [1.165, 1.54) is 0 Å². The lowest BCUT2D eigenvalue weighted by molar-refractivity contribution is -0.127. The third kappa shape index (κ3) is 3.23. The lowest BCUT2D eigenvalue weighted by Gasteiger charge is -2.41. The molecule has 0 radical (unpaired) electrons. The minimum absolute atomic E-state index is 0.354. The normalized spacial score (nSPS) is 28.8. The van der Waals surface area contributed by atoms with Crippen LogP contribution in [0.3, 0.4) is 0 Å². The highest BCUT2D eigenvalue weighted by molar-refractivity contribution is 5.05. The summed E-state index contributed by atoms with van der Waals surface area (Å²) in [6.45, 7) is 6.48. The van der Waals surface area contributed by atoms with Gasteiger partial charge in [-0.05, 0) is 51.5 Å². The molecule has 0 saturated heterocycles. The largest absolute Gasteiger partial charge is 0.390 e. The van der Waals surface area contributed by atoms with Crippen LogP contribution in [-0.4, -0.2) is 33.7 Å². The molecule has 0 bridgehead atoms. The Labute approximate surface area is 122 Å². The lowest BCUT2D eigenvalue weighted by Crippen LogP contribution is -2.48. The van der Waals surface area contributed by atoms with Crippen molar-refractivity contribution in [3.8, 4) is 0 Å². The van der Waals surface area contributed by atoms with Gasteiger partial charge in [0.1, 0.15) is 0 Å². The Hall–Kier alpha value is -0.870. The first kappa shape index (κ1) is 15.5. The molecule has 2 rings (SSSR count). The van der Waals surface area contributed by atoms with Gasteiger partial charge in [0.15, 0.2) is 0 Å². The zero-order valence-corrected chi connectivity index (χ0v) is 13.2. The second-order valence-corrected chi connectivity index (χ2v) is 6.55. The monoisotopic (exact) mass is 280 g/mol. The van der Waals surface area contributed by atoms with Crippen molar-refractivity contribution in [1.82, 2.24) is 9.78 Å². The van der Waals surface area contributed by atoms with Crippen molar-refractivity contribution < 1.29 is 9.84 Å². The summed E-state index contributed by atoms with van der Waals surface area (Å²) in [4.78, 5) is 0. The van der Waals surface area contributed by atoms with E-state index in [9.17, 15) is 5.11 Å². The molecule has 1 unspecified atom stereocenters.